The summed E-state index contributed by atoms with van der Waals surface area (Å²) in [5.74, 6) is 0.261. The molecule has 1 unspecified atom stereocenters. The number of nitro benzene ring substituents is 1. The molecule has 0 fully saturated rings. The van der Waals surface area contributed by atoms with Gasteiger partial charge in [0.2, 0.25) is 10.0 Å². The summed E-state index contributed by atoms with van der Waals surface area (Å²) in [6.07, 6.45) is 0.507. The zero-order valence-corrected chi connectivity index (χ0v) is 15.8. The summed E-state index contributed by atoms with van der Waals surface area (Å²) in [6.45, 7) is 3.24. The van der Waals surface area contributed by atoms with Crippen LogP contribution in [0.15, 0.2) is 40.1 Å². The molecule has 6 nitrogen and oxygen atoms in total. The lowest BCUT2D eigenvalue weighted by molar-refractivity contribution is -0.385. The van der Waals surface area contributed by atoms with Crippen LogP contribution in [0.4, 0.5) is 10.1 Å². The summed E-state index contributed by atoms with van der Waals surface area (Å²) >= 11 is 1.54. The van der Waals surface area contributed by atoms with Gasteiger partial charge in [-0.1, -0.05) is 0 Å². The van der Waals surface area contributed by atoms with Crippen LogP contribution in [0, 0.1) is 29.8 Å². The first kappa shape index (κ1) is 18.8. The van der Waals surface area contributed by atoms with Crippen molar-refractivity contribution >= 4 is 27.5 Å². The second kappa shape index (κ2) is 6.98. The van der Waals surface area contributed by atoms with E-state index in [1.54, 1.807) is 31.7 Å². The molecule has 0 radical (unpaired) electrons. The smallest absolute Gasteiger partial charge is 0.258 e. The summed E-state index contributed by atoms with van der Waals surface area (Å²) in [4.78, 5) is 11.2. The normalized spacial score (nSPS) is 17.0. The molecule has 1 heterocycles. The van der Waals surface area contributed by atoms with Gasteiger partial charge in [0.15, 0.2) is 0 Å². The van der Waals surface area contributed by atoms with Crippen LogP contribution >= 0.6 is 11.8 Å². The van der Waals surface area contributed by atoms with Crippen molar-refractivity contribution in [1.29, 1.82) is 0 Å². The maximum Gasteiger partial charge on any atom is 0.271 e. The third-order valence-corrected chi connectivity index (χ3v) is 7.13. The second-order valence-electron chi connectivity index (χ2n) is 6.14. The maximum atomic E-state index is 13.6. The van der Waals surface area contributed by atoms with Crippen LogP contribution in [-0.4, -0.2) is 19.1 Å². The van der Waals surface area contributed by atoms with Gasteiger partial charge in [-0.05, 0) is 60.9 Å². The SMILES string of the molecule is Cc1cc([N+](=O)[O-])cc(S(=O)(=O)NC2CCSc3ccc(F)cc32)c1C. The topological polar surface area (TPSA) is 89.3 Å². The van der Waals surface area contributed by atoms with E-state index in [4.69, 9.17) is 0 Å². The van der Waals surface area contributed by atoms with Crippen molar-refractivity contribution in [2.45, 2.75) is 36.1 Å². The van der Waals surface area contributed by atoms with Crippen LogP contribution in [0.2, 0.25) is 0 Å². The molecule has 0 spiro atoms. The third kappa shape index (κ3) is 3.60. The largest absolute Gasteiger partial charge is 0.271 e. The highest BCUT2D eigenvalue weighted by molar-refractivity contribution is 7.99. The van der Waals surface area contributed by atoms with Gasteiger partial charge in [-0.15, -0.1) is 11.8 Å². The Morgan fingerprint density at radius 1 is 1.27 bits per heavy atom. The first-order valence-corrected chi connectivity index (χ1v) is 10.4. The van der Waals surface area contributed by atoms with Crippen molar-refractivity contribution < 1.29 is 17.7 Å². The van der Waals surface area contributed by atoms with E-state index < -0.39 is 26.8 Å². The van der Waals surface area contributed by atoms with Crippen molar-refractivity contribution in [3.63, 3.8) is 0 Å². The highest BCUT2D eigenvalue weighted by Gasteiger charge is 2.29. The van der Waals surface area contributed by atoms with Gasteiger partial charge in [-0.25, -0.2) is 17.5 Å². The van der Waals surface area contributed by atoms with Crippen molar-refractivity contribution in [2.24, 2.45) is 0 Å². The first-order valence-electron chi connectivity index (χ1n) is 7.89. The van der Waals surface area contributed by atoms with Gasteiger partial charge < -0.3 is 0 Å². The van der Waals surface area contributed by atoms with Crippen molar-refractivity contribution in [3.05, 3.63) is 63.0 Å². The standard InChI is InChI=1S/C17H17FN2O4S2/c1-10-7-13(20(21)22)9-17(11(10)2)26(23,24)19-15-5-6-25-16-4-3-12(18)8-14(15)16/h3-4,7-9,15,19H,5-6H2,1-2H3. The van der Waals surface area contributed by atoms with Gasteiger partial charge in [-0.2, -0.15) is 0 Å². The minimum atomic E-state index is -4.01. The molecule has 0 amide bonds. The molecule has 1 atom stereocenters. The molecule has 0 saturated heterocycles. The van der Waals surface area contributed by atoms with E-state index in [1.165, 1.54) is 18.2 Å². The Labute approximate surface area is 155 Å². The molecular formula is C17H17FN2O4S2. The molecule has 1 aliphatic heterocycles. The lowest BCUT2D eigenvalue weighted by Crippen LogP contribution is -2.31. The number of nitro groups is 1. The van der Waals surface area contributed by atoms with Gasteiger partial charge in [-0.3, -0.25) is 10.1 Å². The highest BCUT2D eigenvalue weighted by Crippen LogP contribution is 2.37. The van der Waals surface area contributed by atoms with Gasteiger partial charge in [0.1, 0.15) is 5.82 Å². The molecule has 138 valence electrons. The minimum absolute atomic E-state index is 0.125. The lowest BCUT2D eigenvalue weighted by Gasteiger charge is -2.26. The molecule has 2 aromatic rings. The summed E-state index contributed by atoms with van der Waals surface area (Å²) in [5.41, 5.74) is 1.28. The number of hydrogen-bond acceptors (Lipinski definition) is 5. The number of aryl methyl sites for hydroxylation is 1. The average Bonchev–Trinajstić information content (AvgIpc) is 2.57. The van der Waals surface area contributed by atoms with Crippen molar-refractivity contribution in [1.82, 2.24) is 4.72 Å². The number of non-ortho nitro benzene ring substituents is 1. The van der Waals surface area contributed by atoms with Crippen LogP contribution in [0.25, 0.3) is 0 Å². The fourth-order valence-corrected chi connectivity index (χ4v) is 5.62. The first-order chi connectivity index (χ1) is 12.2. The van der Waals surface area contributed by atoms with E-state index in [0.717, 1.165) is 11.0 Å². The van der Waals surface area contributed by atoms with Crippen LogP contribution < -0.4 is 4.72 Å². The van der Waals surface area contributed by atoms with Crippen LogP contribution in [0.5, 0.6) is 0 Å². The third-order valence-electron chi connectivity index (χ3n) is 4.41. The molecule has 0 saturated carbocycles. The zero-order valence-electron chi connectivity index (χ0n) is 14.2. The van der Waals surface area contributed by atoms with Crippen LogP contribution in [-0.2, 0) is 10.0 Å². The summed E-state index contributed by atoms with van der Waals surface area (Å²) < 4.78 is 42.0. The van der Waals surface area contributed by atoms with Crippen molar-refractivity contribution in [3.8, 4) is 0 Å². The summed E-state index contributed by atoms with van der Waals surface area (Å²) in [5, 5.41) is 11.1. The Morgan fingerprint density at radius 3 is 2.69 bits per heavy atom. The number of halogens is 1. The van der Waals surface area contributed by atoms with Gasteiger partial charge in [0.25, 0.3) is 5.69 Å². The molecule has 0 aromatic heterocycles. The molecule has 1 aliphatic rings. The Balaban J connectivity index is 2.02. The van der Waals surface area contributed by atoms with E-state index in [0.29, 0.717) is 28.9 Å². The highest BCUT2D eigenvalue weighted by atomic mass is 32.2. The number of rotatable bonds is 4. The van der Waals surface area contributed by atoms with E-state index in [-0.39, 0.29) is 10.6 Å². The number of benzene rings is 2. The second-order valence-corrected chi connectivity index (χ2v) is 8.96. The van der Waals surface area contributed by atoms with Gasteiger partial charge in [0, 0.05) is 23.1 Å². The quantitative estimate of drug-likeness (QED) is 0.626. The minimum Gasteiger partial charge on any atom is -0.258 e. The van der Waals surface area contributed by atoms with Crippen LogP contribution in [0.3, 0.4) is 0 Å². The Morgan fingerprint density at radius 2 is 2.00 bits per heavy atom. The number of fused-ring (bicyclic) bond motifs is 1. The zero-order chi connectivity index (χ0) is 19.1. The maximum absolute atomic E-state index is 13.6. The number of nitrogens with one attached hydrogen (secondary N) is 1. The summed E-state index contributed by atoms with van der Waals surface area (Å²) in [6, 6.07) is 6.14. The molecule has 1 N–H and O–H groups in total. The number of hydrogen-bond donors (Lipinski definition) is 1. The van der Waals surface area contributed by atoms with Gasteiger partial charge in [0.05, 0.1) is 9.82 Å². The fourth-order valence-electron chi connectivity index (χ4n) is 2.93. The van der Waals surface area contributed by atoms with Crippen LogP contribution in [0.1, 0.15) is 29.2 Å². The molecule has 9 heteroatoms. The summed E-state index contributed by atoms with van der Waals surface area (Å²) in [7, 11) is -4.01. The molecule has 26 heavy (non-hydrogen) atoms. The molecule has 3 rings (SSSR count). The molecule has 0 aliphatic carbocycles. The number of nitrogens with zero attached hydrogens (tertiary/aromatic N) is 1. The van der Waals surface area contributed by atoms with Crippen molar-refractivity contribution in [2.75, 3.05) is 5.75 Å². The van der Waals surface area contributed by atoms with E-state index in [2.05, 4.69) is 4.72 Å². The molecule has 2 aromatic carbocycles. The fraction of sp³-hybridized carbons (Fsp3) is 0.294. The van der Waals surface area contributed by atoms with Gasteiger partial charge >= 0.3 is 0 Å². The van der Waals surface area contributed by atoms with E-state index in [1.807, 2.05) is 0 Å². The van der Waals surface area contributed by atoms with E-state index >= 15 is 0 Å². The Hall–Kier alpha value is -1.97. The molecular weight excluding hydrogens is 379 g/mol. The number of thioether (sulfide) groups is 1. The lowest BCUT2D eigenvalue weighted by atomic mass is 10.0. The Kier molecular flexibility index (Phi) is 5.05. The predicted octanol–water partition coefficient (Wildman–Crippen LogP) is 3.87. The van der Waals surface area contributed by atoms with E-state index in [9.17, 15) is 22.9 Å². The number of sulfonamides is 1. The monoisotopic (exact) mass is 396 g/mol. The predicted molar refractivity (Wildman–Crippen MR) is 97.4 cm³/mol. The Bertz CT molecular complexity index is 992. The molecule has 0 bridgehead atoms. The average molecular weight is 396 g/mol.